The van der Waals surface area contributed by atoms with Crippen molar-refractivity contribution in [2.45, 2.75) is 46.6 Å². The standard InChI is InChI=1S/C20H31N5O.HI/c1-5-21-20(22-11-7-9-18-14-24-25-17(18)4)23-13-16(3)26-19-10-6-8-15(2)12-19;/h6,8,10,12,14,16H,5,7,9,11,13H2,1-4H3,(H,24,25)(H2,21,22,23);1H. The molecule has 6 nitrogen and oxygen atoms in total. The molecule has 0 amide bonds. The maximum Gasteiger partial charge on any atom is 0.191 e. The number of guanidine groups is 1. The number of aromatic amines is 1. The number of aliphatic imine (C=N–C) groups is 1. The van der Waals surface area contributed by atoms with Gasteiger partial charge in [-0.1, -0.05) is 12.1 Å². The zero-order valence-corrected chi connectivity index (χ0v) is 19.0. The molecule has 1 aromatic carbocycles. The lowest BCUT2D eigenvalue weighted by Gasteiger charge is -2.15. The molecule has 0 aliphatic rings. The van der Waals surface area contributed by atoms with Gasteiger partial charge >= 0.3 is 0 Å². The SMILES string of the molecule is CCNC(=NCC(C)Oc1cccc(C)c1)NCCCc1cn[nH]c1C.I. The largest absolute Gasteiger partial charge is 0.489 e. The summed E-state index contributed by atoms with van der Waals surface area (Å²) in [5, 5.41) is 13.7. The van der Waals surface area contributed by atoms with Gasteiger partial charge in [0.2, 0.25) is 0 Å². The van der Waals surface area contributed by atoms with Gasteiger partial charge in [-0.05, 0) is 63.8 Å². The molecule has 1 heterocycles. The lowest BCUT2D eigenvalue weighted by atomic mass is 10.1. The van der Waals surface area contributed by atoms with Crippen molar-refractivity contribution in [1.29, 1.82) is 0 Å². The number of aromatic nitrogens is 2. The molecule has 0 aliphatic carbocycles. The summed E-state index contributed by atoms with van der Waals surface area (Å²) in [5.74, 6) is 1.72. The van der Waals surface area contributed by atoms with Crippen molar-refractivity contribution in [1.82, 2.24) is 20.8 Å². The fourth-order valence-corrected chi connectivity index (χ4v) is 2.63. The van der Waals surface area contributed by atoms with Gasteiger partial charge in [0.15, 0.2) is 5.96 Å². The second-order valence-electron chi connectivity index (χ2n) is 6.52. The van der Waals surface area contributed by atoms with E-state index in [2.05, 4.69) is 52.7 Å². The number of H-pyrrole nitrogens is 1. The van der Waals surface area contributed by atoms with Crippen LogP contribution in [-0.4, -0.2) is 41.9 Å². The van der Waals surface area contributed by atoms with Crippen molar-refractivity contribution >= 4 is 29.9 Å². The van der Waals surface area contributed by atoms with E-state index in [4.69, 9.17) is 4.74 Å². The van der Waals surface area contributed by atoms with Crippen LogP contribution in [0, 0.1) is 13.8 Å². The van der Waals surface area contributed by atoms with Gasteiger partial charge in [0.25, 0.3) is 0 Å². The summed E-state index contributed by atoms with van der Waals surface area (Å²) in [6, 6.07) is 8.10. The molecule has 0 radical (unpaired) electrons. The van der Waals surface area contributed by atoms with Crippen LogP contribution in [0.15, 0.2) is 35.5 Å². The minimum Gasteiger partial charge on any atom is -0.489 e. The van der Waals surface area contributed by atoms with E-state index in [1.807, 2.05) is 31.3 Å². The van der Waals surface area contributed by atoms with Gasteiger partial charge in [0.1, 0.15) is 11.9 Å². The van der Waals surface area contributed by atoms with E-state index in [0.29, 0.717) is 6.54 Å². The van der Waals surface area contributed by atoms with E-state index in [-0.39, 0.29) is 30.1 Å². The molecule has 1 atom stereocenters. The fourth-order valence-electron chi connectivity index (χ4n) is 2.63. The molecule has 1 unspecified atom stereocenters. The third-order valence-electron chi connectivity index (χ3n) is 4.03. The molecule has 0 fully saturated rings. The molecule has 3 N–H and O–H groups in total. The highest BCUT2D eigenvalue weighted by molar-refractivity contribution is 14.0. The van der Waals surface area contributed by atoms with E-state index >= 15 is 0 Å². The zero-order chi connectivity index (χ0) is 18.8. The first-order valence-electron chi connectivity index (χ1n) is 9.32. The first-order chi connectivity index (χ1) is 12.6. The van der Waals surface area contributed by atoms with Gasteiger partial charge in [0.05, 0.1) is 12.7 Å². The number of halogens is 1. The topological polar surface area (TPSA) is 74.3 Å². The van der Waals surface area contributed by atoms with Gasteiger partial charge in [-0.15, -0.1) is 24.0 Å². The Bertz CT molecular complexity index is 701. The summed E-state index contributed by atoms with van der Waals surface area (Å²) in [7, 11) is 0. The monoisotopic (exact) mass is 485 g/mol. The van der Waals surface area contributed by atoms with Gasteiger partial charge < -0.3 is 15.4 Å². The first-order valence-corrected chi connectivity index (χ1v) is 9.32. The summed E-state index contributed by atoms with van der Waals surface area (Å²) in [5.41, 5.74) is 3.61. The van der Waals surface area contributed by atoms with Crippen LogP contribution in [-0.2, 0) is 6.42 Å². The van der Waals surface area contributed by atoms with Crippen LogP contribution in [0.5, 0.6) is 5.75 Å². The molecule has 0 spiro atoms. The van der Waals surface area contributed by atoms with Gasteiger partial charge in [-0.25, -0.2) is 4.99 Å². The van der Waals surface area contributed by atoms with E-state index in [1.165, 1.54) is 11.1 Å². The molecule has 0 saturated heterocycles. The van der Waals surface area contributed by atoms with Crippen LogP contribution >= 0.6 is 24.0 Å². The highest BCUT2D eigenvalue weighted by Gasteiger charge is 2.05. The second kappa shape index (κ2) is 12.6. The third-order valence-corrected chi connectivity index (χ3v) is 4.03. The van der Waals surface area contributed by atoms with Crippen LogP contribution in [0.3, 0.4) is 0 Å². The number of nitrogens with one attached hydrogen (secondary N) is 3. The highest BCUT2D eigenvalue weighted by atomic mass is 127. The number of hydrogen-bond donors (Lipinski definition) is 3. The number of nitrogens with zero attached hydrogens (tertiary/aromatic N) is 2. The van der Waals surface area contributed by atoms with Crippen molar-refractivity contribution in [3.05, 3.63) is 47.3 Å². The summed E-state index contributed by atoms with van der Waals surface area (Å²) in [6.45, 7) is 10.5. The van der Waals surface area contributed by atoms with Crippen molar-refractivity contribution < 1.29 is 4.74 Å². The maximum atomic E-state index is 5.94. The molecule has 7 heteroatoms. The first kappa shape index (κ1) is 23.3. The van der Waals surface area contributed by atoms with E-state index < -0.39 is 0 Å². The summed E-state index contributed by atoms with van der Waals surface area (Å²) in [4.78, 5) is 4.63. The van der Waals surface area contributed by atoms with Crippen LogP contribution in [0.2, 0.25) is 0 Å². The Morgan fingerprint density at radius 3 is 2.78 bits per heavy atom. The van der Waals surface area contributed by atoms with Crippen LogP contribution in [0.25, 0.3) is 0 Å². The molecular weight excluding hydrogens is 453 g/mol. The minimum atomic E-state index is 0. The van der Waals surface area contributed by atoms with Gasteiger partial charge in [0, 0.05) is 18.8 Å². The molecule has 0 bridgehead atoms. The summed E-state index contributed by atoms with van der Waals surface area (Å²) < 4.78 is 5.94. The van der Waals surface area contributed by atoms with E-state index in [0.717, 1.165) is 43.3 Å². The lowest BCUT2D eigenvalue weighted by Crippen LogP contribution is -2.38. The summed E-state index contributed by atoms with van der Waals surface area (Å²) in [6.07, 6.45) is 3.95. The molecule has 0 aliphatic heterocycles. The van der Waals surface area contributed by atoms with Crippen molar-refractivity contribution in [2.24, 2.45) is 4.99 Å². The Morgan fingerprint density at radius 2 is 2.11 bits per heavy atom. The fraction of sp³-hybridized carbons (Fsp3) is 0.500. The molecule has 2 aromatic rings. The number of ether oxygens (including phenoxy) is 1. The Balaban J connectivity index is 0.00000364. The lowest BCUT2D eigenvalue weighted by molar-refractivity contribution is 0.230. The van der Waals surface area contributed by atoms with E-state index in [9.17, 15) is 0 Å². The minimum absolute atomic E-state index is 0. The summed E-state index contributed by atoms with van der Waals surface area (Å²) >= 11 is 0. The quantitative estimate of drug-likeness (QED) is 0.220. The van der Waals surface area contributed by atoms with Crippen molar-refractivity contribution in [3.63, 3.8) is 0 Å². The number of hydrogen-bond acceptors (Lipinski definition) is 3. The maximum absolute atomic E-state index is 5.94. The molecule has 1 aromatic heterocycles. The zero-order valence-electron chi connectivity index (χ0n) is 16.7. The number of rotatable bonds is 9. The average Bonchev–Trinajstić information content (AvgIpc) is 3.01. The Morgan fingerprint density at radius 1 is 1.30 bits per heavy atom. The van der Waals surface area contributed by atoms with Crippen molar-refractivity contribution in [3.8, 4) is 5.75 Å². The molecular formula is C20H32IN5O. The number of benzene rings is 1. The highest BCUT2D eigenvalue weighted by Crippen LogP contribution is 2.14. The van der Waals surface area contributed by atoms with Gasteiger partial charge in [-0.3, -0.25) is 5.10 Å². The second-order valence-corrected chi connectivity index (χ2v) is 6.52. The normalized spacial score (nSPS) is 12.2. The van der Waals surface area contributed by atoms with Gasteiger partial charge in [-0.2, -0.15) is 5.10 Å². The average molecular weight is 485 g/mol. The Hall–Kier alpha value is -1.77. The van der Waals surface area contributed by atoms with E-state index in [1.54, 1.807) is 0 Å². The van der Waals surface area contributed by atoms with Crippen LogP contribution in [0.4, 0.5) is 0 Å². The molecule has 150 valence electrons. The predicted molar refractivity (Wildman–Crippen MR) is 122 cm³/mol. The Kier molecular flexibility index (Phi) is 10.8. The van der Waals surface area contributed by atoms with Crippen molar-refractivity contribution in [2.75, 3.05) is 19.6 Å². The molecule has 0 saturated carbocycles. The number of aryl methyl sites for hydroxylation is 3. The van der Waals surface area contributed by atoms with Crippen LogP contribution in [0.1, 0.15) is 37.1 Å². The third kappa shape index (κ3) is 8.64. The smallest absolute Gasteiger partial charge is 0.191 e. The molecule has 27 heavy (non-hydrogen) atoms. The molecule has 2 rings (SSSR count). The predicted octanol–water partition coefficient (Wildman–Crippen LogP) is 3.60. The Labute approximate surface area is 179 Å². The van der Waals surface area contributed by atoms with Crippen LogP contribution < -0.4 is 15.4 Å².